The molecule has 3 N–H and O–H groups in total. The van der Waals surface area contributed by atoms with Crippen molar-refractivity contribution in [2.24, 2.45) is 0 Å². The summed E-state index contributed by atoms with van der Waals surface area (Å²) >= 11 is 0. The van der Waals surface area contributed by atoms with Crippen LogP contribution in [-0.4, -0.2) is 16.1 Å². The quantitative estimate of drug-likeness (QED) is 0.785. The molecule has 0 aliphatic carbocycles. The number of carbonyl (C=O) groups is 1. The number of benzene rings is 2. The Morgan fingerprint density at radius 3 is 2.42 bits per heavy atom. The molecule has 0 atom stereocenters. The summed E-state index contributed by atoms with van der Waals surface area (Å²) in [6, 6.07) is 13.6. The molecule has 0 saturated heterocycles. The van der Waals surface area contributed by atoms with Crippen LogP contribution in [0.1, 0.15) is 11.1 Å². The van der Waals surface area contributed by atoms with Gasteiger partial charge in [-0.3, -0.25) is 4.79 Å². The van der Waals surface area contributed by atoms with E-state index >= 15 is 0 Å². The molecule has 2 rings (SSSR count). The lowest BCUT2D eigenvalue weighted by atomic mass is 10.1. The third-order valence-corrected chi connectivity index (χ3v) is 2.70. The van der Waals surface area contributed by atoms with Crippen LogP contribution in [0.4, 0.5) is 5.69 Å². The number of amides is 1. The summed E-state index contributed by atoms with van der Waals surface area (Å²) in [6.45, 7) is -0.0164. The van der Waals surface area contributed by atoms with E-state index in [0.717, 1.165) is 11.1 Å². The lowest BCUT2D eigenvalue weighted by Crippen LogP contribution is -2.14. The summed E-state index contributed by atoms with van der Waals surface area (Å²) < 4.78 is 0. The van der Waals surface area contributed by atoms with Gasteiger partial charge in [-0.2, -0.15) is 0 Å². The Bertz CT molecular complexity index is 564. The van der Waals surface area contributed by atoms with Gasteiger partial charge in [0.05, 0.1) is 13.0 Å². The number of hydrogen-bond donors (Lipinski definition) is 3. The lowest BCUT2D eigenvalue weighted by Gasteiger charge is -2.06. The molecule has 0 saturated carbocycles. The fourth-order valence-electron chi connectivity index (χ4n) is 1.75. The lowest BCUT2D eigenvalue weighted by molar-refractivity contribution is -0.115. The van der Waals surface area contributed by atoms with Crippen LogP contribution >= 0.6 is 0 Å². The van der Waals surface area contributed by atoms with E-state index in [2.05, 4.69) is 5.32 Å². The molecule has 0 aromatic heterocycles. The average molecular weight is 257 g/mol. The zero-order chi connectivity index (χ0) is 13.7. The number of aliphatic hydroxyl groups is 1. The molecule has 1 amide bonds. The van der Waals surface area contributed by atoms with Crippen LogP contribution in [0.3, 0.4) is 0 Å². The second-order valence-corrected chi connectivity index (χ2v) is 4.25. The van der Waals surface area contributed by atoms with E-state index in [1.807, 2.05) is 0 Å². The predicted octanol–water partition coefficient (Wildman–Crippen LogP) is 2.07. The van der Waals surface area contributed by atoms with Crippen LogP contribution in [0.5, 0.6) is 5.75 Å². The molecule has 0 heterocycles. The molecule has 0 unspecified atom stereocenters. The number of aliphatic hydroxyl groups excluding tert-OH is 1. The zero-order valence-electron chi connectivity index (χ0n) is 10.3. The Morgan fingerprint density at radius 2 is 1.79 bits per heavy atom. The van der Waals surface area contributed by atoms with Gasteiger partial charge < -0.3 is 15.5 Å². The smallest absolute Gasteiger partial charge is 0.228 e. The second-order valence-electron chi connectivity index (χ2n) is 4.25. The number of aromatic hydroxyl groups is 1. The topological polar surface area (TPSA) is 69.6 Å². The maximum Gasteiger partial charge on any atom is 0.228 e. The van der Waals surface area contributed by atoms with Crippen molar-refractivity contribution < 1.29 is 15.0 Å². The molecule has 2 aromatic rings. The van der Waals surface area contributed by atoms with Crippen LogP contribution in [0.2, 0.25) is 0 Å². The van der Waals surface area contributed by atoms with Gasteiger partial charge in [0.2, 0.25) is 5.91 Å². The monoisotopic (exact) mass is 257 g/mol. The highest BCUT2D eigenvalue weighted by atomic mass is 16.3. The van der Waals surface area contributed by atoms with Crippen molar-refractivity contribution in [1.29, 1.82) is 0 Å². The molecule has 0 fully saturated rings. The van der Waals surface area contributed by atoms with Crippen molar-refractivity contribution in [1.82, 2.24) is 0 Å². The standard InChI is InChI=1S/C15H15NO3/c17-10-11-4-6-13(7-5-11)16-15(19)9-12-2-1-3-14(18)8-12/h1-8,17-18H,9-10H2,(H,16,19). The minimum Gasteiger partial charge on any atom is -0.508 e. The van der Waals surface area contributed by atoms with Crippen molar-refractivity contribution in [2.45, 2.75) is 13.0 Å². The van der Waals surface area contributed by atoms with E-state index in [-0.39, 0.29) is 24.7 Å². The third-order valence-electron chi connectivity index (χ3n) is 2.70. The highest BCUT2D eigenvalue weighted by Gasteiger charge is 2.04. The zero-order valence-corrected chi connectivity index (χ0v) is 10.3. The van der Waals surface area contributed by atoms with Gasteiger partial charge in [0.15, 0.2) is 0 Å². The Hall–Kier alpha value is -2.33. The van der Waals surface area contributed by atoms with Crippen LogP contribution in [0, 0.1) is 0 Å². The Labute approximate surface area is 111 Å². The van der Waals surface area contributed by atoms with Gasteiger partial charge in [0.25, 0.3) is 0 Å². The fourth-order valence-corrected chi connectivity index (χ4v) is 1.75. The number of phenols is 1. The first kappa shape index (κ1) is 13.1. The molecule has 0 bridgehead atoms. The SMILES string of the molecule is O=C(Cc1cccc(O)c1)Nc1ccc(CO)cc1. The summed E-state index contributed by atoms with van der Waals surface area (Å²) in [7, 11) is 0. The first-order valence-corrected chi connectivity index (χ1v) is 5.95. The summed E-state index contributed by atoms with van der Waals surface area (Å²) in [5.74, 6) is -0.0000489. The Morgan fingerprint density at radius 1 is 1.05 bits per heavy atom. The molecular formula is C15H15NO3. The van der Waals surface area contributed by atoms with Crippen molar-refractivity contribution in [2.75, 3.05) is 5.32 Å². The molecule has 0 aliphatic rings. The van der Waals surface area contributed by atoms with Crippen molar-refractivity contribution >= 4 is 11.6 Å². The minimum absolute atomic E-state index is 0.0164. The van der Waals surface area contributed by atoms with E-state index in [1.165, 1.54) is 0 Å². The molecule has 0 radical (unpaired) electrons. The first-order valence-electron chi connectivity index (χ1n) is 5.95. The predicted molar refractivity (Wildman–Crippen MR) is 72.8 cm³/mol. The van der Waals surface area contributed by atoms with E-state index < -0.39 is 0 Å². The Kier molecular flexibility index (Phi) is 4.15. The molecule has 0 aliphatic heterocycles. The molecule has 2 aromatic carbocycles. The Balaban J connectivity index is 1.97. The minimum atomic E-state index is -0.151. The van der Waals surface area contributed by atoms with Gasteiger partial charge in [0, 0.05) is 5.69 Å². The van der Waals surface area contributed by atoms with E-state index in [9.17, 15) is 9.90 Å². The number of nitrogens with one attached hydrogen (secondary N) is 1. The highest BCUT2D eigenvalue weighted by molar-refractivity contribution is 5.92. The third kappa shape index (κ3) is 3.82. The van der Waals surface area contributed by atoms with Gasteiger partial charge in [-0.25, -0.2) is 0 Å². The molecular weight excluding hydrogens is 242 g/mol. The number of hydrogen-bond acceptors (Lipinski definition) is 3. The van der Waals surface area contributed by atoms with Gasteiger partial charge in [0.1, 0.15) is 5.75 Å². The summed E-state index contributed by atoms with van der Waals surface area (Å²) in [6.07, 6.45) is 0.205. The van der Waals surface area contributed by atoms with Crippen molar-refractivity contribution in [3.05, 3.63) is 59.7 Å². The van der Waals surface area contributed by atoms with Crippen LogP contribution in [-0.2, 0) is 17.8 Å². The van der Waals surface area contributed by atoms with Crippen LogP contribution in [0.25, 0.3) is 0 Å². The average Bonchev–Trinajstić information content (AvgIpc) is 2.39. The highest BCUT2D eigenvalue weighted by Crippen LogP contribution is 2.13. The van der Waals surface area contributed by atoms with Gasteiger partial charge in [-0.15, -0.1) is 0 Å². The number of phenolic OH excluding ortho intramolecular Hbond substituents is 1. The fraction of sp³-hybridized carbons (Fsp3) is 0.133. The molecule has 98 valence electrons. The van der Waals surface area contributed by atoms with Gasteiger partial charge in [-0.1, -0.05) is 24.3 Å². The van der Waals surface area contributed by atoms with Gasteiger partial charge >= 0.3 is 0 Å². The van der Waals surface area contributed by atoms with E-state index in [1.54, 1.807) is 48.5 Å². The van der Waals surface area contributed by atoms with E-state index in [4.69, 9.17) is 5.11 Å². The number of rotatable bonds is 4. The largest absolute Gasteiger partial charge is 0.508 e. The van der Waals surface area contributed by atoms with Crippen LogP contribution < -0.4 is 5.32 Å². The molecule has 4 heteroatoms. The number of anilines is 1. The first-order chi connectivity index (χ1) is 9.17. The maximum absolute atomic E-state index is 11.8. The second kappa shape index (κ2) is 6.02. The van der Waals surface area contributed by atoms with Crippen molar-refractivity contribution in [3.8, 4) is 5.75 Å². The summed E-state index contributed by atoms with van der Waals surface area (Å²) in [5.41, 5.74) is 2.23. The molecule has 4 nitrogen and oxygen atoms in total. The van der Waals surface area contributed by atoms with Crippen LogP contribution in [0.15, 0.2) is 48.5 Å². The van der Waals surface area contributed by atoms with Crippen molar-refractivity contribution in [3.63, 3.8) is 0 Å². The molecule has 0 spiro atoms. The normalized spacial score (nSPS) is 10.2. The molecule has 19 heavy (non-hydrogen) atoms. The number of carbonyl (C=O) groups excluding carboxylic acids is 1. The summed E-state index contributed by atoms with van der Waals surface area (Å²) in [4.78, 5) is 11.8. The van der Waals surface area contributed by atoms with E-state index in [0.29, 0.717) is 5.69 Å². The maximum atomic E-state index is 11.8. The summed E-state index contributed by atoms with van der Waals surface area (Å²) in [5, 5.41) is 21.0. The van der Waals surface area contributed by atoms with Gasteiger partial charge in [-0.05, 0) is 35.4 Å².